The maximum Gasteiger partial charge on any atom is 0.124 e. The Bertz CT molecular complexity index is 3230. The molecule has 4 aromatic heterocycles. The lowest BCUT2D eigenvalue weighted by Gasteiger charge is -2.33. The molecule has 0 saturated carbocycles. The Hall–Kier alpha value is -7.21. The lowest BCUT2D eigenvalue weighted by Crippen LogP contribution is -2.37. The number of nitrogens with two attached hydrogens (primary N) is 1. The SMILES string of the molecule is Cc1c(-c2ccccn2)nc2ccc(F)cc2c1Cl.Cc1c(-c2ccccn2)nc2ccc(F)cc2c1Nc1cc(N2CCOCC2)ccc1N1CCOCC1.Nc1cc(N2CCOCC2)ccc1N1CCOCC1. The number of ether oxygens (including phenoxy) is 4. The second-order valence-corrected chi connectivity index (χ2v) is 19.0. The van der Waals surface area contributed by atoms with Crippen molar-refractivity contribution in [2.75, 3.05) is 136 Å². The number of aromatic nitrogens is 4. The van der Waals surface area contributed by atoms with Gasteiger partial charge in [-0.15, -0.1) is 0 Å². The molecule has 4 aliphatic heterocycles. The number of fused-ring (bicyclic) bond motifs is 2. The number of rotatable bonds is 8. The van der Waals surface area contributed by atoms with Crippen molar-refractivity contribution in [3.8, 4) is 22.8 Å². The zero-order valence-corrected chi connectivity index (χ0v) is 43.0. The number of anilines is 7. The molecule has 4 saturated heterocycles. The minimum absolute atomic E-state index is 0.294. The summed E-state index contributed by atoms with van der Waals surface area (Å²) in [6.07, 6.45) is 3.47. The normalized spacial score (nSPS) is 16.0. The van der Waals surface area contributed by atoms with Gasteiger partial charge in [0, 0.05) is 92.5 Å². The molecule has 4 aliphatic rings. The van der Waals surface area contributed by atoms with Crippen molar-refractivity contribution in [2.24, 2.45) is 0 Å². The summed E-state index contributed by atoms with van der Waals surface area (Å²) in [6.45, 7) is 16.9. The van der Waals surface area contributed by atoms with Crippen LogP contribution in [0.5, 0.6) is 0 Å². The number of hydrogen-bond acceptors (Lipinski definition) is 14. The van der Waals surface area contributed by atoms with Crippen molar-refractivity contribution in [3.63, 3.8) is 0 Å². The first kappa shape index (κ1) is 51.3. The Labute approximate surface area is 441 Å². The van der Waals surface area contributed by atoms with Gasteiger partial charge >= 0.3 is 0 Å². The van der Waals surface area contributed by atoms with Gasteiger partial charge < -0.3 is 49.6 Å². The highest BCUT2D eigenvalue weighted by molar-refractivity contribution is 6.36. The van der Waals surface area contributed by atoms with Gasteiger partial charge in [0.25, 0.3) is 0 Å². The van der Waals surface area contributed by atoms with Gasteiger partial charge in [0.1, 0.15) is 11.6 Å². The summed E-state index contributed by atoms with van der Waals surface area (Å²) in [5, 5.41) is 5.60. The maximum atomic E-state index is 14.5. The molecule has 0 spiro atoms. The zero-order valence-electron chi connectivity index (χ0n) is 42.3. The van der Waals surface area contributed by atoms with Gasteiger partial charge in [0.05, 0.1) is 120 Å². The van der Waals surface area contributed by atoms with E-state index < -0.39 is 0 Å². The van der Waals surface area contributed by atoms with Gasteiger partial charge in [0.2, 0.25) is 0 Å². The molecule has 4 fully saturated rings. The molecule has 8 aromatic rings. The number of nitrogens with one attached hydrogen (secondary N) is 1. The van der Waals surface area contributed by atoms with Gasteiger partial charge in [-0.1, -0.05) is 23.7 Å². The molecule has 0 amide bonds. The first-order chi connectivity index (χ1) is 36.7. The molecule has 3 N–H and O–H groups in total. The molecule has 388 valence electrons. The number of hydrogen-bond donors (Lipinski definition) is 2. The van der Waals surface area contributed by atoms with Crippen LogP contribution in [-0.4, -0.2) is 125 Å². The van der Waals surface area contributed by atoms with Crippen molar-refractivity contribution in [2.45, 2.75) is 13.8 Å². The maximum absolute atomic E-state index is 14.5. The molecule has 0 bridgehead atoms. The van der Waals surface area contributed by atoms with Gasteiger partial charge in [-0.25, -0.2) is 18.7 Å². The van der Waals surface area contributed by atoms with Crippen LogP contribution in [-0.2, 0) is 18.9 Å². The van der Waals surface area contributed by atoms with E-state index in [4.69, 9.17) is 41.3 Å². The van der Waals surface area contributed by atoms with Crippen LogP contribution in [0.15, 0.2) is 122 Å². The minimum Gasteiger partial charge on any atom is -0.397 e. The van der Waals surface area contributed by atoms with Crippen LogP contribution in [0.2, 0.25) is 5.02 Å². The second kappa shape index (κ2) is 24.0. The van der Waals surface area contributed by atoms with Gasteiger partial charge in [-0.3, -0.25) is 9.97 Å². The highest BCUT2D eigenvalue weighted by Gasteiger charge is 2.22. The first-order valence-electron chi connectivity index (χ1n) is 25.5. The number of nitrogens with zero attached hydrogens (tertiary/aromatic N) is 8. The average Bonchev–Trinajstić information content (AvgIpc) is 3.47. The third-order valence-corrected chi connectivity index (χ3v) is 14.3. The summed E-state index contributed by atoms with van der Waals surface area (Å²) in [5.74, 6) is -0.612. The fraction of sp³-hybridized carbons (Fsp3) is 0.310. The molecular formula is C58H61ClF2N10O4. The lowest BCUT2D eigenvalue weighted by molar-refractivity contribution is 0.122. The third kappa shape index (κ3) is 12.0. The van der Waals surface area contributed by atoms with Crippen LogP contribution in [0, 0.1) is 25.5 Å². The molecule has 0 unspecified atom stereocenters. The molecular weight excluding hydrogens is 974 g/mol. The molecule has 12 rings (SSSR count). The average molecular weight is 1040 g/mol. The van der Waals surface area contributed by atoms with Gasteiger partial charge in [-0.05, 0) is 116 Å². The van der Waals surface area contributed by atoms with E-state index in [0.29, 0.717) is 34.7 Å². The number of nitrogen functional groups attached to an aromatic ring is 1. The van der Waals surface area contributed by atoms with Crippen LogP contribution in [0.3, 0.4) is 0 Å². The minimum atomic E-state index is -0.318. The van der Waals surface area contributed by atoms with Crippen LogP contribution >= 0.6 is 11.6 Å². The topological polar surface area (TPSA) is 139 Å². The smallest absolute Gasteiger partial charge is 0.124 e. The summed E-state index contributed by atoms with van der Waals surface area (Å²) in [6, 6.07) is 33.5. The second-order valence-electron chi connectivity index (χ2n) is 18.6. The Balaban J connectivity index is 0.000000142. The number of halogens is 3. The van der Waals surface area contributed by atoms with Gasteiger partial charge in [0.15, 0.2) is 0 Å². The summed E-state index contributed by atoms with van der Waals surface area (Å²) < 4.78 is 49.7. The molecule has 0 radical (unpaired) electrons. The highest BCUT2D eigenvalue weighted by Crippen LogP contribution is 2.40. The number of benzene rings is 4. The number of morpholine rings is 4. The lowest BCUT2D eigenvalue weighted by atomic mass is 10.0. The van der Waals surface area contributed by atoms with E-state index in [0.717, 1.165) is 165 Å². The molecule has 17 heteroatoms. The molecule has 0 aliphatic carbocycles. The van der Waals surface area contributed by atoms with E-state index in [1.54, 1.807) is 30.6 Å². The monoisotopic (exact) mass is 1030 g/mol. The van der Waals surface area contributed by atoms with E-state index >= 15 is 0 Å². The predicted molar refractivity (Wildman–Crippen MR) is 297 cm³/mol. The van der Waals surface area contributed by atoms with E-state index in [1.165, 1.54) is 23.9 Å². The molecule has 14 nitrogen and oxygen atoms in total. The highest BCUT2D eigenvalue weighted by atomic mass is 35.5. The van der Waals surface area contributed by atoms with Crippen molar-refractivity contribution in [1.29, 1.82) is 0 Å². The van der Waals surface area contributed by atoms with Crippen LogP contribution in [0.1, 0.15) is 11.1 Å². The molecule has 0 atom stereocenters. The van der Waals surface area contributed by atoms with Crippen LogP contribution < -0.4 is 30.7 Å². The first-order valence-corrected chi connectivity index (χ1v) is 25.9. The summed E-state index contributed by atoms with van der Waals surface area (Å²) in [4.78, 5) is 27.5. The Kier molecular flexibility index (Phi) is 16.4. The third-order valence-electron chi connectivity index (χ3n) is 13.8. The number of pyridine rings is 4. The van der Waals surface area contributed by atoms with Crippen molar-refractivity contribution in [3.05, 3.63) is 149 Å². The van der Waals surface area contributed by atoms with Crippen molar-refractivity contribution in [1.82, 2.24) is 19.9 Å². The van der Waals surface area contributed by atoms with Gasteiger partial charge in [-0.2, -0.15) is 0 Å². The summed E-state index contributed by atoms with van der Waals surface area (Å²) in [5.41, 5.74) is 19.6. The Morgan fingerprint density at radius 2 is 0.960 bits per heavy atom. The fourth-order valence-electron chi connectivity index (χ4n) is 9.80. The Morgan fingerprint density at radius 3 is 1.47 bits per heavy atom. The van der Waals surface area contributed by atoms with Crippen LogP contribution in [0.4, 0.5) is 48.6 Å². The summed E-state index contributed by atoms with van der Waals surface area (Å²) in [7, 11) is 0. The zero-order chi connectivity index (χ0) is 51.7. The van der Waals surface area contributed by atoms with Crippen molar-refractivity contribution >= 4 is 73.2 Å². The molecule has 75 heavy (non-hydrogen) atoms. The van der Waals surface area contributed by atoms with E-state index in [2.05, 4.69) is 76.3 Å². The molecule has 4 aromatic carbocycles. The predicted octanol–water partition coefficient (Wildman–Crippen LogP) is 10.5. The summed E-state index contributed by atoms with van der Waals surface area (Å²) >= 11 is 6.32. The van der Waals surface area contributed by atoms with Crippen molar-refractivity contribution < 1.29 is 27.7 Å². The van der Waals surface area contributed by atoms with E-state index in [9.17, 15) is 8.78 Å². The molecule has 8 heterocycles. The van der Waals surface area contributed by atoms with E-state index in [-0.39, 0.29) is 11.6 Å². The largest absolute Gasteiger partial charge is 0.397 e. The Morgan fingerprint density at radius 1 is 0.507 bits per heavy atom. The van der Waals surface area contributed by atoms with E-state index in [1.807, 2.05) is 50.2 Å². The fourth-order valence-corrected chi connectivity index (χ4v) is 10.0. The van der Waals surface area contributed by atoms with Crippen LogP contribution in [0.25, 0.3) is 44.6 Å². The quantitative estimate of drug-likeness (QED) is 0.140. The standard InChI is InChI=1S/C29H30FN5O2.C15H10ClFN2.C14H21N3O2/c1-20-28(23-18-21(30)5-7-24(23)32-29(20)25-4-2-3-9-31-25)33-26-19-22(34-10-14-36-15-11-34)6-8-27(26)35-12-16-37-17-13-35;1-9-14(16)11-8-10(17)5-6-12(11)19-15(9)13-4-2-3-7-18-13;15-13-11-12(16-3-7-18-8-4-16)1-2-14(13)17-5-9-19-10-6-17/h2-9,18-19H,10-17H2,1H3,(H,32,33);2-8H,1H3;1-2,11H,3-10,15H2.